The van der Waals surface area contributed by atoms with E-state index in [-0.39, 0.29) is 23.9 Å². The van der Waals surface area contributed by atoms with Crippen LogP contribution < -0.4 is 10.9 Å². The monoisotopic (exact) mass is 419 g/mol. The standard InChI is InChI=1S/C24H29N5O2/c1-28-13-15-29(16-14-28)17-21(18-7-3-2-4-8-18)26-23(30)12-11-22-25-20-10-6-5-9-19(20)24(31)27-22/h2-10,21H,11-17H2,1H3,(H,26,30)(H,25,27,31). The number of nitrogens with zero attached hydrogens (tertiary/aromatic N) is 3. The summed E-state index contributed by atoms with van der Waals surface area (Å²) in [4.78, 5) is 37.1. The molecule has 2 aromatic carbocycles. The van der Waals surface area contributed by atoms with E-state index in [9.17, 15) is 9.59 Å². The second-order valence-electron chi connectivity index (χ2n) is 8.16. The van der Waals surface area contributed by atoms with E-state index in [1.807, 2.05) is 36.4 Å². The SMILES string of the molecule is CN1CCN(CC(NC(=O)CCc2nc3ccccc3c(=O)[nH]2)c2ccccc2)CC1. The molecule has 162 valence electrons. The Bertz CT molecular complexity index is 1070. The van der Waals surface area contributed by atoms with Gasteiger partial charge in [0, 0.05) is 45.6 Å². The van der Waals surface area contributed by atoms with E-state index in [0.29, 0.717) is 23.1 Å². The molecule has 0 spiro atoms. The van der Waals surface area contributed by atoms with E-state index in [0.717, 1.165) is 38.3 Å². The first kappa shape index (κ1) is 21.2. The van der Waals surface area contributed by atoms with Crippen LogP contribution in [0.5, 0.6) is 0 Å². The first-order valence-electron chi connectivity index (χ1n) is 10.8. The number of rotatable bonds is 7. The number of nitrogens with one attached hydrogen (secondary N) is 2. The quantitative estimate of drug-likeness (QED) is 0.612. The number of hydrogen-bond donors (Lipinski definition) is 2. The van der Waals surface area contributed by atoms with Crippen molar-refractivity contribution in [3.8, 4) is 0 Å². The maximum atomic E-state index is 12.8. The van der Waals surface area contributed by atoms with Gasteiger partial charge in [-0.15, -0.1) is 0 Å². The normalized spacial score (nSPS) is 16.3. The smallest absolute Gasteiger partial charge is 0.258 e. The molecule has 7 nitrogen and oxygen atoms in total. The summed E-state index contributed by atoms with van der Waals surface area (Å²) in [5.74, 6) is 0.493. The summed E-state index contributed by atoms with van der Waals surface area (Å²) in [5, 5.41) is 3.76. The lowest BCUT2D eigenvalue weighted by molar-refractivity contribution is -0.122. The average Bonchev–Trinajstić information content (AvgIpc) is 2.79. The maximum Gasteiger partial charge on any atom is 0.258 e. The summed E-state index contributed by atoms with van der Waals surface area (Å²) in [5.41, 5.74) is 1.59. The average molecular weight is 420 g/mol. The Morgan fingerprint density at radius 1 is 1.06 bits per heavy atom. The third kappa shape index (κ3) is 5.57. The van der Waals surface area contributed by atoms with E-state index in [1.54, 1.807) is 6.07 Å². The van der Waals surface area contributed by atoms with Crippen LogP contribution in [0.15, 0.2) is 59.4 Å². The van der Waals surface area contributed by atoms with Gasteiger partial charge in [-0.05, 0) is 24.7 Å². The Hall–Kier alpha value is -3.03. The van der Waals surface area contributed by atoms with Crippen LogP contribution in [0.3, 0.4) is 0 Å². The van der Waals surface area contributed by atoms with Gasteiger partial charge in [0.1, 0.15) is 5.82 Å². The number of para-hydroxylation sites is 1. The highest BCUT2D eigenvalue weighted by Gasteiger charge is 2.21. The first-order valence-corrected chi connectivity index (χ1v) is 10.8. The van der Waals surface area contributed by atoms with E-state index >= 15 is 0 Å². The second-order valence-corrected chi connectivity index (χ2v) is 8.16. The number of amides is 1. The number of carbonyl (C=O) groups excluding carboxylic acids is 1. The van der Waals surface area contributed by atoms with E-state index in [2.05, 4.69) is 44.3 Å². The van der Waals surface area contributed by atoms with Gasteiger partial charge in [-0.1, -0.05) is 42.5 Å². The number of aromatic amines is 1. The van der Waals surface area contributed by atoms with Crippen LogP contribution in [-0.2, 0) is 11.2 Å². The van der Waals surface area contributed by atoms with Crippen LogP contribution in [0.25, 0.3) is 10.9 Å². The highest BCUT2D eigenvalue weighted by Crippen LogP contribution is 2.16. The van der Waals surface area contributed by atoms with Gasteiger partial charge < -0.3 is 15.2 Å². The number of likely N-dealkylation sites (N-methyl/N-ethyl adjacent to an activating group) is 1. The molecule has 1 unspecified atom stereocenters. The lowest BCUT2D eigenvalue weighted by Crippen LogP contribution is -2.47. The van der Waals surface area contributed by atoms with E-state index < -0.39 is 0 Å². The minimum atomic E-state index is -0.168. The molecule has 1 aromatic heterocycles. The molecule has 0 bridgehead atoms. The van der Waals surface area contributed by atoms with Crippen LogP contribution in [0.4, 0.5) is 0 Å². The highest BCUT2D eigenvalue weighted by atomic mass is 16.1. The predicted octanol–water partition coefficient (Wildman–Crippen LogP) is 1.96. The largest absolute Gasteiger partial charge is 0.348 e. The maximum absolute atomic E-state index is 12.8. The van der Waals surface area contributed by atoms with Crippen LogP contribution in [-0.4, -0.2) is 65.4 Å². The van der Waals surface area contributed by atoms with Crippen molar-refractivity contribution in [3.63, 3.8) is 0 Å². The molecule has 3 aromatic rings. The molecule has 1 amide bonds. The summed E-state index contributed by atoms with van der Waals surface area (Å²) in [6, 6.07) is 17.3. The highest BCUT2D eigenvalue weighted by molar-refractivity contribution is 5.78. The van der Waals surface area contributed by atoms with Crippen molar-refractivity contribution in [3.05, 3.63) is 76.3 Å². The molecule has 1 aliphatic heterocycles. The molecule has 0 radical (unpaired) electrons. The van der Waals surface area contributed by atoms with Crippen molar-refractivity contribution in [2.75, 3.05) is 39.8 Å². The molecule has 1 fully saturated rings. The lowest BCUT2D eigenvalue weighted by atomic mass is 10.1. The molecule has 7 heteroatoms. The number of carbonyl (C=O) groups is 1. The number of aromatic nitrogens is 2. The zero-order chi connectivity index (χ0) is 21.6. The third-order valence-electron chi connectivity index (χ3n) is 5.82. The zero-order valence-electron chi connectivity index (χ0n) is 17.9. The number of benzene rings is 2. The Morgan fingerprint density at radius 3 is 2.55 bits per heavy atom. The molecule has 1 aliphatic rings. The Morgan fingerprint density at radius 2 is 1.77 bits per heavy atom. The predicted molar refractivity (Wildman–Crippen MR) is 122 cm³/mol. The summed E-state index contributed by atoms with van der Waals surface area (Å²) >= 11 is 0. The van der Waals surface area contributed by atoms with Crippen molar-refractivity contribution < 1.29 is 4.79 Å². The summed E-state index contributed by atoms with van der Waals surface area (Å²) in [7, 11) is 2.14. The van der Waals surface area contributed by atoms with Crippen molar-refractivity contribution >= 4 is 16.8 Å². The number of aryl methyl sites for hydroxylation is 1. The minimum Gasteiger partial charge on any atom is -0.348 e. The van der Waals surface area contributed by atoms with Crippen LogP contribution in [0, 0.1) is 0 Å². The van der Waals surface area contributed by atoms with Gasteiger partial charge in [0.25, 0.3) is 5.56 Å². The molecule has 0 aliphatic carbocycles. The molecule has 31 heavy (non-hydrogen) atoms. The van der Waals surface area contributed by atoms with Crippen molar-refractivity contribution in [2.45, 2.75) is 18.9 Å². The molecular formula is C24H29N5O2. The number of hydrogen-bond acceptors (Lipinski definition) is 5. The van der Waals surface area contributed by atoms with Gasteiger partial charge in [0.15, 0.2) is 0 Å². The van der Waals surface area contributed by atoms with Gasteiger partial charge in [-0.2, -0.15) is 0 Å². The third-order valence-corrected chi connectivity index (χ3v) is 5.82. The zero-order valence-corrected chi connectivity index (χ0v) is 17.9. The molecule has 1 atom stereocenters. The molecule has 2 heterocycles. The van der Waals surface area contributed by atoms with Gasteiger partial charge in [-0.3, -0.25) is 14.5 Å². The fourth-order valence-corrected chi connectivity index (χ4v) is 3.96. The fourth-order valence-electron chi connectivity index (χ4n) is 3.96. The van der Waals surface area contributed by atoms with Gasteiger partial charge in [0.2, 0.25) is 5.91 Å². The molecule has 4 rings (SSSR count). The van der Waals surface area contributed by atoms with E-state index in [1.165, 1.54) is 0 Å². The summed E-state index contributed by atoms with van der Waals surface area (Å²) in [6.45, 7) is 4.86. The van der Waals surface area contributed by atoms with E-state index in [4.69, 9.17) is 0 Å². The Labute approximate surface area is 182 Å². The van der Waals surface area contributed by atoms with Gasteiger partial charge >= 0.3 is 0 Å². The summed E-state index contributed by atoms with van der Waals surface area (Å²) in [6.07, 6.45) is 0.662. The van der Waals surface area contributed by atoms with Crippen molar-refractivity contribution in [2.24, 2.45) is 0 Å². The first-order chi connectivity index (χ1) is 15.1. The molecule has 2 N–H and O–H groups in total. The topological polar surface area (TPSA) is 81.3 Å². The summed E-state index contributed by atoms with van der Waals surface area (Å²) < 4.78 is 0. The minimum absolute atomic E-state index is 0.0428. The van der Waals surface area contributed by atoms with Crippen molar-refractivity contribution in [1.82, 2.24) is 25.1 Å². The second kappa shape index (κ2) is 9.85. The van der Waals surface area contributed by atoms with Crippen molar-refractivity contribution in [1.29, 1.82) is 0 Å². The Balaban J connectivity index is 1.41. The number of piperazine rings is 1. The molecule has 0 saturated carbocycles. The number of fused-ring (bicyclic) bond motifs is 1. The van der Waals surface area contributed by atoms with Gasteiger partial charge in [-0.25, -0.2) is 4.98 Å². The van der Waals surface area contributed by atoms with Crippen LogP contribution in [0.1, 0.15) is 23.9 Å². The van der Waals surface area contributed by atoms with Crippen LogP contribution >= 0.6 is 0 Å². The number of H-pyrrole nitrogens is 1. The molecule has 1 saturated heterocycles. The van der Waals surface area contributed by atoms with Gasteiger partial charge in [0.05, 0.1) is 16.9 Å². The fraction of sp³-hybridized carbons (Fsp3) is 0.375. The van der Waals surface area contributed by atoms with Crippen LogP contribution in [0.2, 0.25) is 0 Å². The molecular weight excluding hydrogens is 390 g/mol. The Kier molecular flexibility index (Phi) is 6.74. The lowest BCUT2D eigenvalue weighted by Gasteiger charge is -2.35.